The first-order chi connectivity index (χ1) is 13.6. The van der Waals surface area contributed by atoms with E-state index in [1.807, 2.05) is 0 Å². The fourth-order valence-electron chi connectivity index (χ4n) is 2.84. The van der Waals surface area contributed by atoms with Crippen LogP contribution in [-0.4, -0.2) is 38.7 Å². The van der Waals surface area contributed by atoms with Gasteiger partial charge in [0.05, 0.1) is 21.9 Å². The number of benzene rings is 2. The molecule has 0 amide bonds. The van der Waals surface area contributed by atoms with Crippen LogP contribution in [0.1, 0.15) is 20.3 Å². The molecule has 0 aliphatic carbocycles. The minimum atomic E-state index is -4.38. The smallest absolute Gasteiger partial charge is 0.196 e. The summed E-state index contributed by atoms with van der Waals surface area (Å²) in [4.78, 5) is 2.28. The number of azide groups is 1. The Morgan fingerprint density at radius 1 is 0.931 bits per heavy atom. The van der Waals surface area contributed by atoms with Crippen molar-refractivity contribution in [2.45, 2.75) is 40.2 Å². The highest BCUT2D eigenvalue weighted by atomic mass is 32.3. The molecule has 0 spiro atoms. The summed E-state index contributed by atoms with van der Waals surface area (Å²) in [5, 5.41) is 14.4. The van der Waals surface area contributed by atoms with E-state index in [-0.39, 0.29) is 9.79 Å². The molecule has 0 radical (unpaired) electrons. The van der Waals surface area contributed by atoms with Crippen molar-refractivity contribution in [2.75, 3.05) is 6.54 Å². The highest BCUT2D eigenvalue weighted by Crippen LogP contribution is 2.34. The minimum Gasteiger partial charge on any atom is -0.389 e. The van der Waals surface area contributed by atoms with Crippen molar-refractivity contribution >= 4 is 19.7 Å². The van der Waals surface area contributed by atoms with Gasteiger partial charge >= 0.3 is 0 Å². The summed E-state index contributed by atoms with van der Waals surface area (Å²) < 4.78 is 51.4. The lowest BCUT2D eigenvalue weighted by Crippen LogP contribution is -2.46. The Kier molecular flexibility index (Phi) is 7.07. The standard InChI is InChI=1S/C19H23N3O5S2/c1-15(2)19(23,14-21-22-20)13-18(28(24,25)16-9-5-3-6-10-16)29(26,27)17-11-7-4-8-12-17/h3-12,15,18,23H,13-14H2,1-2H3/t19-/m1/s1. The van der Waals surface area contributed by atoms with Crippen LogP contribution in [0, 0.1) is 5.92 Å². The lowest BCUT2D eigenvalue weighted by atomic mass is 9.88. The van der Waals surface area contributed by atoms with E-state index < -0.39 is 48.7 Å². The van der Waals surface area contributed by atoms with Crippen molar-refractivity contribution in [3.63, 3.8) is 0 Å². The van der Waals surface area contributed by atoms with Gasteiger partial charge in [0.2, 0.25) is 0 Å². The molecule has 29 heavy (non-hydrogen) atoms. The van der Waals surface area contributed by atoms with Gasteiger partial charge in [0.25, 0.3) is 0 Å². The van der Waals surface area contributed by atoms with Crippen LogP contribution in [0.5, 0.6) is 0 Å². The summed E-state index contributed by atoms with van der Waals surface area (Å²) in [5.41, 5.74) is 6.80. The van der Waals surface area contributed by atoms with Crippen LogP contribution >= 0.6 is 0 Å². The molecule has 0 saturated carbocycles. The zero-order valence-corrected chi connectivity index (χ0v) is 17.7. The van der Waals surface area contributed by atoms with Crippen molar-refractivity contribution in [1.29, 1.82) is 0 Å². The first-order valence-corrected chi connectivity index (χ1v) is 12.0. The lowest BCUT2D eigenvalue weighted by molar-refractivity contribution is -0.00111. The van der Waals surface area contributed by atoms with Crippen molar-refractivity contribution in [3.05, 3.63) is 71.1 Å². The van der Waals surface area contributed by atoms with Crippen molar-refractivity contribution in [3.8, 4) is 0 Å². The van der Waals surface area contributed by atoms with E-state index in [1.54, 1.807) is 26.0 Å². The van der Waals surface area contributed by atoms with Gasteiger partial charge in [-0.2, -0.15) is 0 Å². The summed E-state index contributed by atoms with van der Waals surface area (Å²) in [6, 6.07) is 14.4. The largest absolute Gasteiger partial charge is 0.389 e. The van der Waals surface area contributed by atoms with Gasteiger partial charge in [-0.3, -0.25) is 0 Å². The van der Waals surface area contributed by atoms with Gasteiger partial charge in [-0.1, -0.05) is 55.4 Å². The van der Waals surface area contributed by atoms with E-state index in [4.69, 9.17) is 5.53 Å². The second-order valence-corrected chi connectivity index (χ2v) is 11.6. The molecule has 2 aromatic carbocycles. The van der Waals surface area contributed by atoms with Crippen LogP contribution in [0.15, 0.2) is 75.6 Å². The first kappa shape index (κ1) is 22.9. The average Bonchev–Trinajstić information content (AvgIpc) is 2.71. The quantitative estimate of drug-likeness (QED) is 0.364. The topological polar surface area (TPSA) is 137 Å². The van der Waals surface area contributed by atoms with E-state index in [1.165, 1.54) is 48.5 Å². The molecular weight excluding hydrogens is 414 g/mol. The number of rotatable bonds is 9. The number of nitrogens with zero attached hydrogens (tertiary/aromatic N) is 3. The molecule has 0 aliphatic rings. The highest BCUT2D eigenvalue weighted by molar-refractivity contribution is 8.09. The molecule has 156 valence electrons. The second-order valence-electron chi connectivity index (χ2n) is 7.00. The molecule has 8 nitrogen and oxygen atoms in total. The summed E-state index contributed by atoms with van der Waals surface area (Å²) >= 11 is 0. The van der Waals surface area contributed by atoms with Gasteiger partial charge in [-0.05, 0) is 35.7 Å². The van der Waals surface area contributed by atoms with Gasteiger partial charge in [-0.25, -0.2) is 16.8 Å². The number of hydrogen-bond donors (Lipinski definition) is 1. The Morgan fingerprint density at radius 3 is 1.69 bits per heavy atom. The summed E-state index contributed by atoms with van der Waals surface area (Å²) in [5.74, 6) is -0.563. The fraction of sp³-hybridized carbons (Fsp3) is 0.368. The molecule has 2 rings (SSSR count). The molecule has 0 aromatic heterocycles. The van der Waals surface area contributed by atoms with Crippen molar-refractivity contribution < 1.29 is 21.9 Å². The van der Waals surface area contributed by atoms with Gasteiger partial charge in [0, 0.05) is 11.3 Å². The third-order valence-electron chi connectivity index (χ3n) is 4.84. The van der Waals surface area contributed by atoms with Crippen LogP contribution in [0.2, 0.25) is 0 Å². The van der Waals surface area contributed by atoms with Crippen molar-refractivity contribution in [1.82, 2.24) is 0 Å². The summed E-state index contributed by atoms with van der Waals surface area (Å²) in [7, 11) is -8.76. The van der Waals surface area contributed by atoms with Crippen LogP contribution in [-0.2, 0) is 19.7 Å². The number of sulfone groups is 2. The monoisotopic (exact) mass is 437 g/mol. The zero-order chi connectivity index (χ0) is 21.7. The van der Waals surface area contributed by atoms with E-state index in [0.29, 0.717) is 0 Å². The Morgan fingerprint density at radius 2 is 1.34 bits per heavy atom. The zero-order valence-electron chi connectivity index (χ0n) is 16.1. The number of hydrogen-bond acceptors (Lipinski definition) is 6. The predicted octanol–water partition coefficient (Wildman–Crippen LogP) is 3.35. The maximum Gasteiger partial charge on any atom is 0.196 e. The van der Waals surface area contributed by atoms with E-state index >= 15 is 0 Å². The maximum absolute atomic E-state index is 13.3. The summed E-state index contributed by atoms with van der Waals surface area (Å²) in [6.45, 7) is 2.76. The third-order valence-corrected chi connectivity index (χ3v) is 9.93. The Balaban J connectivity index is 2.68. The molecule has 0 saturated heterocycles. The normalized spacial score (nSPS) is 14.4. The SMILES string of the molecule is CC(C)[C@](O)(CN=[N+]=[N-])CC(S(=O)(=O)c1ccccc1)S(=O)(=O)c1ccccc1. The first-order valence-electron chi connectivity index (χ1n) is 8.87. The summed E-state index contributed by atoms with van der Waals surface area (Å²) in [6.07, 6.45) is -0.641. The second kappa shape index (κ2) is 8.96. The Bertz CT molecular complexity index is 1010. The minimum absolute atomic E-state index is 0.167. The van der Waals surface area contributed by atoms with Gasteiger partial charge in [0.15, 0.2) is 24.3 Å². The van der Waals surface area contributed by atoms with Crippen LogP contribution in [0.3, 0.4) is 0 Å². The molecule has 10 heteroatoms. The van der Waals surface area contributed by atoms with E-state index in [0.717, 1.165) is 0 Å². The third kappa shape index (κ3) is 4.97. The Hall–Kier alpha value is -2.39. The molecule has 1 atom stereocenters. The van der Waals surface area contributed by atoms with Gasteiger partial charge in [0.1, 0.15) is 0 Å². The van der Waals surface area contributed by atoms with E-state index in [2.05, 4.69) is 10.0 Å². The molecule has 0 aliphatic heterocycles. The molecule has 2 aromatic rings. The molecule has 1 N–H and O–H groups in total. The average molecular weight is 438 g/mol. The molecule has 0 heterocycles. The van der Waals surface area contributed by atoms with Gasteiger partial charge in [-0.15, -0.1) is 0 Å². The van der Waals surface area contributed by atoms with Crippen LogP contribution in [0.25, 0.3) is 10.4 Å². The fourth-order valence-corrected chi connectivity index (χ4v) is 7.53. The molecular formula is C19H23N3O5S2. The Labute approximate surface area is 170 Å². The predicted molar refractivity (Wildman–Crippen MR) is 109 cm³/mol. The lowest BCUT2D eigenvalue weighted by Gasteiger charge is -2.34. The van der Waals surface area contributed by atoms with E-state index in [9.17, 15) is 21.9 Å². The number of aliphatic hydroxyl groups is 1. The van der Waals surface area contributed by atoms with Crippen molar-refractivity contribution in [2.24, 2.45) is 11.0 Å². The highest BCUT2D eigenvalue weighted by Gasteiger charge is 2.46. The van der Waals surface area contributed by atoms with Crippen LogP contribution < -0.4 is 0 Å². The molecule has 0 bridgehead atoms. The maximum atomic E-state index is 13.3. The van der Waals surface area contributed by atoms with Gasteiger partial charge < -0.3 is 5.11 Å². The molecule has 0 unspecified atom stereocenters. The molecule has 0 fully saturated rings. The van der Waals surface area contributed by atoms with Crippen LogP contribution in [0.4, 0.5) is 0 Å².